The number of hydrogen-bond acceptors (Lipinski definition) is 2. The molecule has 14 rings (SSSR count). The van der Waals surface area contributed by atoms with Crippen LogP contribution in [0.15, 0.2) is 280 Å². The molecule has 0 amide bonds. The summed E-state index contributed by atoms with van der Waals surface area (Å²) in [4.78, 5) is 4.82. The highest BCUT2D eigenvalue weighted by Crippen LogP contribution is 2.63. The van der Waals surface area contributed by atoms with Crippen LogP contribution in [0.3, 0.4) is 0 Å². The fourth-order valence-corrected chi connectivity index (χ4v) is 13.0. The highest BCUT2D eigenvalue weighted by molar-refractivity contribution is 6.11. The van der Waals surface area contributed by atoms with Crippen LogP contribution in [0.1, 0.15) is 34.7 Å². The summed E-state index contributed by atoms with van der Waals surface area (Å²) in [5.74, 6) is 0. The molecule has 3 aliphatic rings. The molecule has 1 aliphatic heterocycles. The van der Waals surface area contributed by atoms with Gasteiger partial charge in [-0.3, -0.25) is 0 Å². The van der Waals surface area contributed by atoms with Gasteiger partial charge in [0.05, 0.1) is 16.4 Å². The maximum absolute atomic E-state index is 4.56. The van der Waals surface area contributed by atoms with Crippen molar-refractivity contribution in [2.45, 2.75) is 24.8 Å². The molecule has 356 valence electrons. The van der Waals surface area contributed by atoms with E-state index in [1.807, 2.05) is 12.2 Å². The molecule has 0 fully saturated rings. The number of para-hydroxylation sites is 2. The van der Waals surface area contributed by atoms with Crippen LogP contribution in [-0.4, -0.2) is 10.6 Å². The lowest BCUT2D eigenvalue weighted by molar-refractivity contribution is 0.793. The predicted octanol–water partition coefficient (Wildman–Crippen LogP) is 18.5. The lowest BCUT2D eigenvalue weighted by Gasteiger charge is -2.32. The van der Waals surface area contributed by atoms with Gasteiger partial charge in [-0.2, -0.15) is 0 Å². The van der Waals surface area contributed by atoms with Crippen LogP contribution in [0.25, 0.3) is 71.6 Å². The Bertz CT molecular complexity index is 4160. The Morgan fingerprint density at radius 2 is 1.13 bits per heavy atom. The quantitative estimate of drug-likeness (QED) is 0.141. The minimum absolute atomic E-state index is 0.0672. The number of aromatic nitrogens is 1. The first-order valence-corrected chi connectivity index (χ1v) is 26.1. The van der Waals surface area contributed by atoms with Crippen LogP contribution in [0.4, 0.5) is 22.7 Å². The Hall–Kier alpha value is -9.44. The van der Waals surface area contributed by atoms with E-state index in [4.69, 9.17) is 0 Å². The second kappa shape index (κ2) is 17.7. The van der Waals surface area contributed by atoms with Crippen molar-refractivity contribution in [2.24, 2.45) is 0 Å². The maximum Gasteiger partial charge on any atom is 0.0726 e. The summed E-state index contributed by atoms with van der Waals surface area (Å²) >= 11 is 0. The zero-order chi connectivity index (χ0) is 50.2. The van der Waals surface area contributed by atoms with Crippen molar-refractivity contribution in [1.29, 1.82) is 0 Å². The van der Waals surface area contributed by atoms with Crippen molar-refractivity contribution in [2.75, 3.05) is 9.80 Å². The smallest absolute Gasteiger partial charge is 0.0726 e. The fraction of sp³-hybridized carbons (Fsp3) is 0.0556. The van der Waals surface area contributed by atoms with E-state index >= 15 is 0 Å². The molecule has 0 bridgehead atoms. The molecule has 0 saturated heterocycles. The molecule has 3 heteroatoms. The van der Waals surface area contributed by atoms with Gasteiger partial charge in [0.2, 0.25) is 0 Å². The van der Waals surface area contributed by atoms with E-state index in [-0.39, 0.29) is 6.04 Å². The van der Waals surface area contributed by atoms with Gasteiger partial charge in [0.1, 0.15) is 0 Å². The Balaban J connectivity index is 0.971. The topological polar surface area (TPSA) is 11.4 Å². The van der Waals surface area contributed by atoms with E-state index in [9.17, 15) is 0 Å². The van der Waals surface area contributed by atoms with Crippen molar-refractivity contribution in [3.8, 4) is 39.1 Å². The van der Waals surface area contributed by atoms with Crippen molar-refractivity contribution in [1.82, 2.24) is 4.57 Å². The average molecular weight is 960 g/mol. The second-order valence-corrected chi connectivity index (χ2v) is 20.1. The minimum Gasteiger partial charge on any atom is -0.335 e. The lowest BCUT2D eigenvalue weighted by atomic mass is 9.70. The molecule has 3 nitrogen and oxygen atoms in total. The zero-order valence-corrected chi connectivity index (χ0v) is 41.9. The van der Waals surface area contributed by atoms with Crippen LogP contribution in [0.2, 0.25) is 0 Å². The van der Waals surface area contributed by atoms with Crippen molar-refractivity contribution in [3.05, 3.63) is 308 Å². The third-order valence-corrected chi connectivity index (χ3v) is 16.1. The highest BCUT2D eigenvalue weighted by atomic mass is 15.2. The van der Waals surface area contributed by atoms with E-state index in [1.54, 1.807) is 0 Å². The molecule has 1 atom stereocenters. The third-order valence-electron chi connectivity index (χ3n) is 16.1. The van der Waals surface area contributed by atoms with Crippen LogP contribution in [0.5, 0.6) is 0 Å². The second-order valence-electron chi connectivity index (χ2n) is 20.1. The Kier molecular flexibility index (Phi) is 10.4. The molecule has 1 unspecified atom stereocenters. The molecule has 11 aromatic rings. The van der Waals surface area contributed by atoms with Gasteiger partial charge in [-0.15, -0.1) is 0 Å². The largest absolute Gasteiger partial charge is 0.335 e. The first kappa shape index (κ1) is 44.3. The molecule has 2 heterocycles. The molecular formula is C72H53N3. The Morgan fingerprint density at radius 1 is 0.533 bits per heavy atom. The summed E-state index contributed by atoms with van der Waals surface area (Å²) in [6.07, 6.45) is 15.5. The number of benzene rings is 10. The maximum atomic E-state index is 4.56. The lowest BCUT2D eigenvalue weighted by Crippen LogP contribution is -2.30. The standard InChI is InChI=1S/C72H53N3/c1-4-5-21-48(2)73-49(3)22-8-6-9-23-51-38-43-56(62-30-20-35-70(73)71(51)62)50-36-39-53(40-37-50)74(54-42-45-69-63(46-54)61-29-15-19-34-68(61)75(69)52-24-10-7-11-25-52)55-41-44-60-59-28-14-18-33-66(59)72(67(60)47-55)64-31-16-12-26-57(64)58-27-13-17-32-65(58)72/h4-22,24-47,49H,1-2,23H2,3H3/b9-6-,21-5-,22-8-. The van der Waals surface area contributed by atoms with Crippen LogP contribution < -0.4 is 9.80 Å². The van der Waals surface area contributed by atoms with Crippen LogP contribution in [0, 0.1) is 0 Å². The van der Waals surface area contributed by atoms with Gasteiger partial charge in [0, 0.05) is 56.3 Å². The molecule has 0 N–H and O–H groups in total. The fourth-order valence-electron chi connectivity index (χ4n) is 13.0. The van der Waals surface area contributed by atoms with Gasteiger partial charge in [0.15, 0.2) is 0 Å². The van der Waals surface area contributed by atoms with E-state index in [1.165, 1.54) is 88.2 Å². The van der Waals surface area contributed by atoms with Crippen molar-refractivity contribution < 1.29 is 0 Å². The van der Waals surface area contributed by atoms with Crippen LogP contribution >= 0.6 is 0 Å². The third kappa shape index (κ3) is 6.74. The summed E-state index contributed by atoms with van der Waals surface area (Å²) in [6.45, 7) is 10.7. The summed E-state index contributed by atoms with van der Waals surface area (Å²) < 4.78 is 2.40. The summed E-state index contributed by atoms with van der Waals surface area (Å²) in [7, 11) is 0. The van der Waals surface area contributed by atoms with Gasteiger partial charge in [-0.05, 0) is 153 Å². The highest BCUT2D eigenvalue weighted by Gasteiger charge is 2.51. The van der Waals surface area contributed by atoms with E-state index in [2.05, 4.69) is 283 Å². The SMILES string of the molecule is C=C/C=C\C(=C)N1c2cccc3c(-c4ccc(N(c5ccc6c(c5)C5(c7ccccc7-c7ccccc75)c5ccccc5-6)c5ccc6c(c5)c5ccccc5n6-c5ccccc5)cc4)ccc(c23)C/C=C\C=C/C1C. The molecule has 75 heavy (non-hydrogen) atoms. The van der Waals surface area contributed by atoms with Gasteiger partial charge in [-0.1, -0.05) is 201 Å². The van der Waals surface area contributed by atoms with E-state index < -0.39 is 5.41 Å². The predicted molar refractivity (Wildman–Crippen MR) is 317 cm³/mol. The molecule has 10 aromatic carbocycles. The monoisotopic (exact) mass is 959 g/mol. The molecule has 1 aromatic heterocycles. The first-order valence-electron chi connectivity index (χ1n) is 26.1. The van der Waals surface area contributed by atoms with Crippen molar-refractivity contribution >= 4 is 55.3 Å². The summed E-state index contributed by atoms with van der Waals surface area (Å²) in [5, 5.41) is 4.88. The zero-order valence-electron chi connectivity index (χ0n) is 41.9. The number of allylic oxidation sites excluding steroid dienone is 6. The first-order chi connectivity index (χ1) is 37.0. The molecule has 1 spiro atoms. The molecule has 2 aliphatic carbocycles. The van der Waals surface area contributed by atoms with E-state index in [0.29, 0.717) is 0 Å². The summed E-state index contributed by atoms with van der Waals surface area (Å²) in [6, 6.07) is 81.7. The van der Waals surface area contributed by atoms with Gasteiger partial charge >= 0.3 is 0 Å². The summed E-state index contributed by atoms with van der Waals surface area (Å²) in [5.41, 5.74) is 22.5. The van der Waals surface area contributed by atoms with Gasteiger partial charge < -0.3 is 14.4 Å². The van der Waals surface area contributed by atoms with Crippen molar-refractivity contribution in [3.63, 3.8) is 0 Å². The number of nitrogens with zero attached hydrogens (tertiary/aromatic N) is 3. The Labute approximate surface area is 438 Å². The number of anilines is 4. The number of hydrogen-bond donors (Lipinski definition) is 0. The molecule has 0 saturated carbocycles. The number of fused-ring (bicyclic) bond motifs is 13. The Morgan fingerprint density at radius 3 is 1.87 bits per heavy atom. The number of rotatable bonds is 8. The molecular weight excluding hydrogens is 907 g/mol. The van der Waals surface area contributed by atoms with E-state index in [0.717, 1.165) is 46.1 Å². The van der Waals surface area contributed by atoms with Gasteiger partial charge in [-0.25, -0.2) is 0 Å². The normalized spacial score (nSPS) is 15.7. The molecule has 0 radical (unpaired) electrons. The van der Waals surface area contributed by atoms with Crippen LogP contribution in [-0.2, 0) is 11.8 Å². The van der Waals surface area contributed by atoms with Gasteiger partial charge in [0.25, 0.3) is 0 Å². The average Bonchev–Trinajstić information content (AvgIpc) is 4.13. The minimum atomic E-state index is -0.476.